The third-order valence-corrected chi connectivity index (χ3v) is 9.93. The number of amides is 1. The highest BCUT2D eigenvalue weighted by Gasteiger charge is 2.30. The molecule has 262 valence electrons. The first kappa shape index (κ1) is 37.1. The first-order valence-electron chi connectivity index (χ1n) is 16.3. The molecule has 0 spiro atoms. The Morgan fingerprint density at radius 2 is 1.79 bits per heavy atom. The molecule has 0 saturated heterocycles. The zero-order chi connectivity index (χ0) is 34.8. The monoisotopic (exact) mass is 685 g/mol. The van der Waals surface area contributed by atoms with E-state index in [1.54, 1.807) is 25.0 Å². The zero-order valence-electron chi connectivity index (χ0n) is 28.4. The molecule has 3 aromatic rings. The van der Waals surface area contributed by atoms with Crippen molar-refractivity contribution in [2.24, 2.45) is 5.92 Å². The molecule has 0 unspecified atom stereocenters. The van der Waals surface area contributed by atoms with Gasteiger partial charge in [0.2, 0.25) is 0 Å². The molecule has 0 fully saturated rings. The smallest absolute Gasteiger partial charge is 0.261 e. The molecule has 48 heavy (non-hydrogen) atoms. The number of methoxy groups -OCH3 is 1. The summed E-state index contributed by atoms with van der Waals surface area (Å²) in [6.45, 7) is 7.62. The van der Waals surface area contributed by atoms with Crippen molar-refractivity contribution in [3.63, 3.8) is 0 Å². The van der Waals surface area contributed by atoms with E-state index in [2.05, 4.69) is 9.62 Å². The van der Waals surface area contributed by atoms with Gasteiger partial charge < -0.3 is 24.2 Å². The minimum absolute atomic E-state index is 0.118. The van der Waals surface area contributed by atoms with Crippen LogP contribution in [0.15, 0.2) is 71.6 Å². The molecule has 1 aliphatic rings. The third kappa shape index (κ3) is 10.1. The van der Waals surface area contributed by atoms with Crippen molar-refractivity contribution in [2.45, 2.75) is 69.7 Å². The fraction of sp³-hybridized carbons (Fsp3) is 0.472. The molecule has 0 aromatic heterocycles. The maximum Gasteiger partial charge on any atom is 0.261 e. The minimum atomic E-state index is -4.07. The summed E-state index contributed by atoms with van der Waals surface area (Å²) in [5.41, 5.74) is 1.45. The second-order valence-corrected chi connectivity index (χ2v) is 14.3. The summed E-state index contributed by atoms with van der Waals surface area (Å²) in [6, 6.07) is 16.5. The average Bonchev–Trinajstić information content (AvgIpc) is 3.06. The number of nitrogens with one attached hydrogen (secondary N) is 1. The normalized spacial score (nSPS) is 20.4. The van der Waals surface area contributed by atoms with Gasteiger partial charge in [-0.15, -0.1) is 0 Å². The predicted octanol–water partition coefficient (Wildman–Crippen LogP) is 5.56. The van der Waals surface area contributed by atoms with E-state index in [1.165, 1.54) is 24.3 Å². The van der Waals surface area contributed by atoms with Crippen molar-refractivity contribution in [3.8, 4) is 11.5 Å². The molecule has 1 amide bonds. The molecule has 0 radical (unpaired) electrons. The number of benzene rings is 3. The van der Waals surface area contributed by atoms with Crippen LogP contribution in [0.3, 0.4) is 0 Å². The molecule has 12 heteroatoms. The number of fused-ring (bicyclic) bond motifs is 1. The Morgan fingerprint density at radius 1 is 1.08 bits per heavy atom. The quantitative estimate of drug-likeness (QED) is 0.285. The van der Waals surface area contributed by atoms with Gasteiger partial charge in [-0.1, -0.05) is 19.1 Å². The van der Waals surface area contributed by atoms with Gasteiger partial charge in [-0.05, 0) is 100 Å². The lowest BCUT2D eigenvalue weighted by Gasteiger charge is -2.36. The zero-order valence-corrected chi connectivity index (χ0v) is 29.2. The molecule has 4 atom stereocenters. The summed E-state index contributed by atoms with van der Waals surface area (Å²) in [5, 5.41) is 10.2. The Balaban J connectivity index is 1.62. The van der Waals surface area contributed by atoms with Gasteiger partial charge in [0.15, 0.2) is 0 Å². The van der Waals surface area contributed by atoms with Crippen molar-refractivity contribution < 1.29 is 36.9 Å². The van der Waals surface area contributed by atoms with E-state index in [-0.39, 0.29) is 47.4 Å². The lowest BCUT2D eigenvalue weighted by molar-refractivity contribution is -0.0177. The number of carbonyl (C=O) groups is 1. The van der Waals surface area contributed by atoms with Crippen molar-refractivity contribution >= 4 is 21.6 Å². The van der Waals surface area contributed by atoms with Crippen LogP contribution in [0, 0.1) is 11.7 Å². The Hall–Kier alpha value is -3.71. The number of likely N-dealkylation sites (N-methyl/N-ethyl adjacent to an activating group) is 1. The maximum absolute atomic E-state index is 14.4. The molecule has 3 aromatic carbocycles. The summed E-state index contributed by atoms with van der Waals surface area (Å²) >= 11 is 0. The van der Waals surface area contributed by atoms with Gasteiger partial charge in [-0.25, -0.2) is 12.8 Å². The lowest BCUT2D eigenvalue weighted by atomic mass is 10.0. The number of aliphatic hydroxyl groups excluding tert-OH is 1. The molecule has 2 N–H and O–H groups in total. The largest absolute Gasteiger partial charge is 0.497 e. The SMILES string of the molecule is COc1ccc(CN(C)C[C@@H]2OCCCC[C@@H](C)Oc3ccc(NS(=O)(=O)c4ccc(F)cc4)cc3C(=O)N([C@@H](C)CO)C[C@H]2C)cc1. The number of halogens is 1. The van der Waals surface area contributed by atoms with E-state index in [4.69, 9.17) is 14.2 Å². The summed E-state index contributed by atoms with van der Waals surface area (Å²) in [7, 11) is -0.395. The Labute approximate surface area is 283 Å². The lowest BCUT2D eigenvalue weighted by Crippen LogP contribution is -2.47. The van der Waals surface area contributed by atoms with Crippen LogP contribution in [0.5, 0.6) is 11.5 Å². The molecule has 0 aliphatic carbocycles. The number of hydrogen-bond acceptors (Lipinski definition) is 8. The topological polar surface area (TPSA) is 118 Å². The van der Waals surface area contributed by atoms with Gasteiger partial charge in [0.25, 0.3) is 15.9 Å². The summed E-state index contributed by atoms with van der Waals surface area (Å²) in [4.78, 5) is 18.0. The summed E-state index contributed by atoms with van der Waals surface area (Å²) in [6.07, 6.45) is 1.99. The van der Waals surface area contributed by atoms with Crippen molar-refractivity contribution in [3.05, 3.63) is 83.7 Å². The highest BCUT2D eigenvalue weighted by atomic mass is 32.2. The minimum Gasteiger partial charge on any atom is -0.497 e. The van der Waals surface area contributed by atoms with E-state index >= 15 is 0 Å². The van der Waals surface area contributed by atoms with Crippen molar-refractivity contribution in [1.29, 1.82) is 0 Å². The number of anilines is 1. The van der Waals surface area contributed by atoms with Gasteiger partial charge in [-0.3, -0.25) is 14.4 Å². The average molecular weight is 686 g/mol. The summed E-state index contributed by atoms with van der Waals surface area (Å²) < 4.78 is 60.2. The molecule has 0 saturated carbocycles. The van der Waals surface area contributed by atoms with E-state index in [0.29, 0.717) is 25.4 Å². The summed E-state index contributed by atoms with van der Waals surface area (Å²) in [5.74, 6) is 0.0411. The van der Waals surface area contributed by atoms with Gasteiger partial charge in [0.1, 0.15) is 17.3 Å². The van der Waals surface area contributed by atoms with Crippen LogP contribution in [0.2, 0.25) is 0 Å². The molecule has 1 aliphatic heterocycles. The first-order valence-corrected chi connectivity index (χ1v) is 17.8. The van der Waals surface area contributed by atoms with Crippen LogP contribution in [0.1, 0.15) is 56.0 Å². The standard InChI is InChI=1S/C36H48FN3O7S/c1-25-21-40(26(2)24-41)36(42)33-20-30(38-48(43,44)32-16-11-29(37)12-17-32)13-18-34(33)47-27(3)8-6-7-19-46-35(25)23-39(4)22-28-9-14-31(45-5)15-10-28/h9-18,20,25-27,35,38,41H,6-8,19,21-24H2,1-5H3/t25-,26+,27-,35+/m1/s1. The highest BCUT2D eigenvalue weighted by molar-refractivity contribution is 7.92. The van der Waals surface area contributed by atoms with Gasteiger partial charge in [-0.2, -0.15) is 0 Å². The van der Waals surface area contributed by atoms with E-state index < -0.39 is 27.8 Å². The van der Waals surface area contributed by atoms with Gasteiger partial charge in [0.05, 0.1) is 42.4 Å². The maximum atomic E-state index is 14.4. The predicted molar refractivity (Wildman–Crippen MR) is 183 cm³/mol. The number of ether oxygens (including phenoxy) is 3. The fourth-order valence-corrected chi connectivity index (χ4v) is 6.74. The molecule has 4 rings (SSSR count). The highest BCUT2D eigenvalue weighted by Crippen LogP contribution is 2.30. The van der Waals surface area contributed by atoms with Crippen molar-refractivity contribution in [2.75, 3.05) is 45.2 Å². The van der Waals surface area contributed by atoms with Gasteiger partial charge in [0, 0.05) is 37.8 Å². The van der Waals surface area contributed by atoms with E-state index in [0.717, 1.165) is 42.7 Å². The third-order valence-electron chi connectivity index (χ3n) is 8.53. The van der Waals surface area contributed by atoms with Crippen LogP contribution < -0.4 is 14.2 Å². The number of carbonyl (C=O) groups excluding carboxylic acids is 1. The van der Waals surface area contributed by atoms with Crippen molar-refractivity contribution in [1.82, 2.24) is 9.80 Å². The van der Waals surface area contributed by atoms with Crippen LogP contribution in [0.4, 0.5) is 10.1 Å². The molecular weight excluding hydrogens is 637 g/mol. The molecule has 10 nitrogen and oxygen atoms in total. The molecular formula is C36H48FN3O7S. The molecule has 0 bridgehead atoms. The van der Waals surface area contributed by atoms with Crippen LogP contribution >= 0.6 is 0 Å². The number of sulfonamides is 1. The second kappa shape index (κ2) is 17.1. The number of nitrogens with zero attached hydrogens (tertiary/aromatic N) is 2. The van der Waals surface area contributed by atoms with Crippen LogP contribution in [0.25, 0.3) is 0 Å². The van der Waals surface area contributed by atoms with E-state index in [1.807, 2.05) is 45.2 Å². The fourth-order valence-electron chi connectivity index (χ4n) is 5.69. The van der Waals surface area contributed by atoms with Gasteiger partial charge >= 0.3 is 0 Å². The Kier molecular flexibility index (Phi) is 13.2. The number of rotatable bonds is 10. The Morgan fingerprint density at radius 3 is 2.46 bits per heavy atom. The van der Waals surface area contributed by atoms with Crippen LogP contribution in [-0.4, -0.2) is 87.9 Å². The first-order chi connectivity index (χ1) is 22.9. The van der Waals surface area contributed by atoms with Crippen LogP contribution in [-0.2, 0) is 21.3 Å². The number of hydrogen-bond donors (Lipinski definition) is 2. The Bertz CT molecular complexity index is 1590. The number of aliphatic hydroxyl groups is 1. The molecule has 1 heterocycles. The van der Waals surface area contributed by atoms with E-state index in [9.17, 15) is 22.7 Å². The second-order valence-electron chi connectivity index (χ2n) is 12.6.